The highest BCUT2D eigenvalue weighted by molar-refractivity contribution is 5.89. The molecule has 1 amide bonds. The molecule has 7 nitrogen and oxygen atoms in total. The topological polar surface area (TPSA) is 71.4 Å². The summed E-state index contributed by atoms with van der Waals surface area (Å²) in [6.07, 6.45) is 4.64. The van der Waals surface area contributed by atoms with Gasteiger partial charge in [-0.2, -0.15) is 5.10 Å². The smallest absolute Gasteiger partial charge is 0.225 e. The second-order valence-electron chi connectivity index (χ2n) is 6.36. The average Bonchev–Trinajstić information content (AvgIpc) is 3.24. The summed E-state index contributed by atoms with van der Waals surface area (Å²) in [7, 11) is 0. The summed E-state index contributed by atoms with van der Waals surface area (Å²) in [6.45, 7) is 7.54. The van der Waals surface area contributed by atoms with Crippen LogP contribution in [0.4, 0.5) is 5.82 Å². The van der Waals surface area contributed by atoms with Gasteiger partial charge in [-0.25, -0.2) is 0 Å². The summed E-state index contributed by atoms with van der Waals surface area (Å²) in [5, 5.41) is 10.7. The normalized spacial score (nSPS) is 22.3. The Balaban J connectivity index is 1.36. The zero-order chi connectivity index (χ0) is 15.9. The van der Waals surface area contributed by atoms with E-state index in [1.165, 1.54) is 6.42 Å². The molecule has 1 unspecified atom stereocenters. The van der Waals surface area contributed by atoms with Crippen molar-refractivity contribution in [3.63, 3.8) is 0 Å². The molecule has 1 aromatic heterocycles. The molecule has 0 aliphatic carbocycles. The Morgan fingerprint density at radius 3 is 3.04 bits per heavy atom. The molecular formula is C16H27N5O2. The standard InChI is InChI=1S/C16H27N5O2/c22-16(2-1-14-3-5-17-13-14)18-15-4-6-21(19-15)8-7-20-9-11-23-12-10-20/h4,6,14,17H,1-3,5,7-13H2,(H,18,19,22). The highest BCUT2D eigenvalue weighted by Gasteiger charge is 2.16. The molecule has 0 aromatic carbocycles. The second-order valence-corrected chi connectivity index (χ2v) is 6.36. The Morgan fingerprint density at radius 2 is 2.26 bits per heavy atom. The molecule has 0 radical (unpaired) electrons. The Bertz CT molecular complexity index is 492. The zero-order valence-corrected chi connectivity index (χ0v) is 13.7. The maximum absolute atomic E-state index is 12.0. The van der Waals surface area contributed by atoms with Crippen LogP contribution in [0, 0.1) is 5.92 Å². The van der Waals surface area contributed by atoms with Crippen LogP contribution in [-0.2, 0) is 16.1 Å². The number of hydrogen-bond donors (Lipinski definition) is 2. The van der Waals surface area contributed by atoms with Crippen LogP contribution in [0.2, 0.25) is 0 Å². The van der Waals surface area contributed by atoms with Crippen molar-refractivity contribution in [1.82, 2.24) is 20.0 Å². The van der Waals surface area contributed by atoms with Gasteiger partial charge in [0.2, 0.25) is 5.91 Å². The molecule has 3 heterocycles. The Kier molecular flexibility index (Phi) is 6.01. The van der Waals surface area contributed by atoms with Crippen LogP contribution in [-0.4, -0.2) is 66.5 Å². The van der Waals surface area contributed by atoms with Gasteiger partial charge in [-0.3, -0.25) is 14.4 Å². The van der Waals surface area contributed by atoms with Crippen LogP contribution in [0.5, 0.6) is 0 Å². The van der Waals surface area contributed by atoms with Crippen LogP contribution in [0.3, 0.4) is 0 Å². The van der Waals surface area contributed by atoms with Crippen molar-refractivity contribution >= 4 is 11.7 Å². The van der Waals surface area contributed by atoms with E-state index in [2.05, 4.69) is 20.6 Å². The fourth-order valence-electron chi connectivity index (χ4n) is 3.12. The van der Waals surface area contributed by atoms with Gasteiger partial charge in [-0.1, -0.05) is 0 Å². The van der Waals surface area contributed by atoms with E-state index in [4.69, 9.17) is 4.74 Å². The van der Waals surface area contributed by atoms with E-state index in [0.717, 1.165) is 58.9 Å². The van der Waals surface area contributed by atoms with Gasteiger partial charge in [0, 0.05) is 38.3 Å². The van der Waals surface area contributed by atoms with Crippen molar-refractivity contribution in [2.24, 2.45) is 5.92 Å². The van der Waals surface area contributed by atoms with Crippen molar-refractivity contribution in [3.05, 3.63) is 12.3 Å². The van der Waals surface area contributed by atoms with Crippen LogP contribution in [0.1, 0.15) is 19.3 Å². The quantitative estimate of drug-likeness (QED) is 0.767. The lowest BCUT2D eigenvalue weighted by atomic mass is 10.0. The number of nitrogens with zero attached hydrogens (tertiary/aromatic N) is 3. The molecule has 2 N–H and O–H groups in total. The Hall–Kier alpha value is -1.44. The monoisotopic (exact) mass is 321 g/mol. The molecule has 2 aliphatic heterocycles. The lowest BCUT2D eigenvalue weighted by Gasteiger charge is -2.26. The summed E-state index contributed by atoms with van der Waals surface area (Å²) in [5.41, 5.74) is 0. The van der Waals surface area contributed by atoms with E-state index >= 15 is 0 Å². The second kappa shape index (κ2) is 8.42. The first-order chi connectivity index (χ1) is 11.3. The van der Waals surface area contributed by atoms with Gasteiger partial charge in [-0.15, -0.1) is 0 Å². The number of carbonyl (C=O) groups is 1. The number of carbonyl (C=O) groups excluding carboxylic acids is 1. The molecule has 2 aliphatic rings. The number of ether oxygens (including phenoxy) is 1. The van der Waals surface area contributed by atoms with Crippen molar-refractivity contribution in [2.75, 3.05) is 51.3 Å². The third kappa shape index (κ3) is 5.30. The minimum absolute atomic E-state index is 0.0651. The Morgan fingerprint density at radius 1 is 1.39 bits per heavy atom. The average molecular weight is 321 g/mol. The van der Waals surface area contributed by atoms with Crippen LogP contribution >= 0.6 is 0 Å². The molecule has 1 atom stereocenters. The third-order valence-electron chi connectivity index (χ3n) is 4.60. The first-order valence-corrected chi connectivity index (χ1v) is 8.64. The van der Waals surface area contributed by atoms with E-state index in [9.17, 15) is 4.79 Å². The van der Waals surface area contributed by atoms with Crippen molar-refractivity contribution in [3.8, 4) is 0 Å². The van der Waals surface area contributed by atoms with Crippen LogP contribution in [0.25, 0.3) is 0 Å². The number of rotatable bonds is 7. The predicted molar refractivity (Wildman–Crippen MR) is 88.3 cm³/mol. The summed E-state index contributed by atoms with van der Waals surface area (Å²) in [5.74, 6) is 1.36. The number of morpholine rings is 1. The molecule has 0 saturated carbocycles. The first-order valence-electron chi connectivity index (χ1n) is 8.64. The van der Waals surface area contributed by atoms with E-state index < -0.39 is 0 Å². The summed E-state index contributed by atoms with van der Waals surface area (Å²) in [6, 6.07) is 1.87. The van der Waals surface area contributed by atoms with Gasteiger partial charge in [0.05, 0.1) is 19.8 Å². The largest absolute Gasteiger partial charge is 0.379 e. The van der Waals surface area contributed by atoms with Gasteiger partial charge >= 0.3 is 0 Å². The molecule has 0 spiro atoms. The van der Waals surface area contributed by atoms with E-state index in [-0.39, 0.29) is 5.91 Å². The molecule has 0 bridgehead atoms. The molecule has 23 heavy (non-hydrogen) atoms. The lowest BCUT2D eigenvalue weighted by molar-refractivity contribution is -0.116. The number of aromatic nitrogens is 2. The van der Waals surface area contributed by atoms with Gasteiger partial charge < -0.3 is 15.4 Å². The zero-order valence-electron chi connectivity index (χ0n) is 13.7. The highest BCUT2D eigenvalue weighted by Crippen LogP contribution is 2.15. The van der Waals surface area contributed by atoms with E-state index in [0.29, 0.717) is 18.2 Å². The fraction of sp³-hybridized carbons (Fsp3) is 0.750. The third-order valence-corrected chi connectivity index (χ3v) is 4.60. The maximum atomic E-state index is 12.0. The molecule has 128 valence electrons. The predicted octanol–water partition coefficient (Wildman–Crippen LogP) is 0.544. The van der Waals surface area contributed by atoms with Gasteiger partial charge in [-0.05, 0) is 31.8 Å². The number of amides is 1. The Labute approximate surface area is 137 Å². The van der Waals surface area contributed by atoms with Gasteiger partial charge in [0.15, 0.2) is 5.82 Å². The van der Waals surface area contributed by atoms with Crippen molar-refractivity contribution in [2.45, 2.75) is 25.8 Å². The van der Waals surface area contributed by atoms with Crippen LogP contribution < -0.4 is 10.6 Å². The minimum atomic E-state index is 0.0651. The number of nitrogens with one attached hydrogen (secondary N) is 2. The van der Waals surface area contributed by atoms with E-state index in [1.807, 2.05) is 16.9 Å². The molecule has 7 heteroatoms. The molecule has 2 fully saturated rings. The maximum Gasteiger partial charge on any atom is 0.225 e. The van der Waals surface area contributed by atoms with E-state index in [1.54, 1.807) is 0 Å². The van der Waals surface area contributed by atoms with Crippen molar-refractivity contribution in [1.29, 1.82) is 0 Å². The van der Waals surface area contributed by atoms with Gasteiger partial charge in [0.1, 0.15) is 0 Å². The molecule has 2 saturated heterocycles. The van der Waals surface area contributed by atoms with Crippen LogP contribution in [0.15, 0.2) is 12.3 Å². The molecule has 1 aromatic rings. The van der Waals surface area contributed by atoms with Gasteiger partial charge in [0.25, 0.3) is 0 Å². The lowest BCUT2D eigenvalue weighted by Crippen LogP contribution is -2.38. The fourth-order valence-corrected chi connectivity index (χ4v) is 3.12. The summed E-state index contributed by atoms with van der Waals surface area (Å²) in [4.78, 5) is 14.4. The highest BCUT2D eigenvalue weighted by atomic mass is 16.5. The summed E-state index contributed by atoms with van der Waals surface area (Å²) >= 11 is 0. The SMILES string of the molecule is O=C(CCC1CCNC1)Nc1ccn(CCN2CCOCC2)n1. The molecular weight excluding hydrogens is 294 g/mol. The summed E-state index contributed by atoms with van der Waals surface area (Å²) < 4.78 is 7.24. The number of anilines is 1. The number of hydrogen-bond acceptors (Lipinski definition) is 5. The van der Waals surface area contributed by atoms with Crippen molar-refractivity contribution < 1.29 is 9.53 Å². The minimum Gasteiger partial charge on any atom is -0.379 e. The first kappa shape index (κ1) is 16.4. The molecule has 3 rings (SSSR count).